The predicted molar refractivity (Wildman–Crippen MR) is 92.4 cm³/mol. The lowest BCUT2D eigenvalue weighted by molar-refractivity contribution is -0.0381. The molecule has 24 heavy (non-hydrogen) atoms. The molecule has 2 aromatic rings. The molecule has 2 N–H and O–H groups in total. The van der Waals surface area contributed by atoms with Crippen molar-refractivity contribution in [2.75, 3.05) is 11.9 Å². The van der Waals surface area contributed by atoms with E-state index in [1.165, 1.54) is 11.1 Å². The first-order chi connectivity index (χ1) is 11.6. The molecule has 0 aromatic heterocycles. The number of carboxylic acids is 1. The molecular formula is C20H21NO3. The van der Waals surface area contributed by atoms with Gasteiger partial charge < -0.3 is 15.2 Å². The Hall–Kier alpha value is -2.33. The zero-order chi connectivity index (χ0) is 16.7. The van der Waals surface area contributed by atoms with E-state index in [1.54, 1.807) is 12.1 Å². The van der Waals surface area contributed by atoms with Crippen LogP contribution in [0.5, 0.6) is 0 Å². The van der Waals surface area contributed by atoms with Crippen molar-refractivity contribution < 1.29 is 14.6 Å². The number of ether oxygens (including phenoxy) is 1. The lowest BCUT2D eigenvalue weighted by Crippen LogP contribution is -2.36. The van der Waals surface area contributed by atoms with Gasteiger partial charge in [0.1, 0.15) is 0 Å². The van der Waals surface area contributed by atoms with Gasteiger partial charge in [0.15, 0.2) is 0 Å². The summed E-state index contributed by atoms with van der Waals surface area (Å²) in [5.41, 5.74) is 5.05. The van der Waals surface area contributed by atoms with E-state index in [0.29, 0.717) is 11.5 Å². The average Bonchev–Trinajstić information content (AvgIpc) is 2.61. The highest BCUT2D eigenvalue weighted by Crippen LogP contribution is 2.49. The molecule has 2 aliphatic rings. The third-order valence-corrected chi connectivity index (χ3v) is 5.14. The first-order valence-electron chi connectivity index (χ1n) is 8.45. The number of anilines is 1. The van der Waals surface area contributed by atoms with Gasteiger partial charge in [-0.15, -0.1) is 0 Å². The maximum absolute atomic E-state index is 11.1. The van der Waals surface area contributed by atoms with E-state index >= 15 is 0 Å². The fraction of sp³-hybridized carbons (Fsp3) is 0.350. The van der Waals surface area contributed by atoms with Crippen molar-refractivity contribution in [1.29, 1.82) is 0 Å². The van der Waals surface area contributed by atoms with Gasteiger partial charge in [-0.2, -0.15) is 0 Å². The quantitative estimate of drug-likeness (QED) is 0.864. The van der Waals surface area contributed by atoms with Crippen LogP contribution in [0.3, 0.4) is 0 Å². The van der Waals surface area contributed by atoms with Crippen LogP contribution in [0.2, 0.25) is 0 Å². The number of aryl methyl sites for hydroxylation is 1. The van der Waals surface area contributed by atoms with Crippen LogP contribution in [-0.2, 0) is 4.74 Å². The molecule has 0 aliphatic carbocycles. The number of hydrogen-bond acceptors (Lipinski definition) is 3. The van der Waals surface area contributed by atoms with Crippen LogP contribution in [-0.4, -0.2) is 17.7 Å². The molecule has 3 atom stereocenters. The summed E-state index contributed by atoms with van der Waals surface area (Å²) in [7, 11) is 0. The van der Waals surface area contributed by atoms with E-state index in [4.69, 9.17) is 9.84 Å². The summed E-state index contributed by atoms with van der Waals surface area (Å²) in [5, 5.41) is 12.8. The molecule has 4 heteroatoms. The lowest BCUT2D eigenvalue weighted by atomic mass is 9.77. The predicted octanol–water partition coefficient (Wildman–Crippen LogP) is 4.33. The molecule has 2 aliphatic heterocycles. The second kappa shape index (κ2) is 5.95. The molecule has 124 valence electrons. The number of fused-ring (bicyclic) bond motifs is 3. The second-order valence-electron chi connectivity index (χ2n) is 6.74. The maximum atomic E-state index is 11.1. The van der Waals surface area contributed by atoms with E-state index in [1.807, 2.05) is 12.1 Å². The SMILES string of the molecule is Cc1ccc2c(c1)[C@H]1OCCC[C@H]1[C@@H](c1ccc(C(=O)O)cc1)N2. The smallest absolute Gasteiger partial charge is 0.335 e. The van der Waals surface area contributed by atoms with Crippen LogP contribution in [0.15, 0.2) is 42.5 Å². The van der Waals surface area contributed by atoms with Crippen LogP contribution in [0.4, 0.5) is 5.69 Å². The highest BCUT2D eigenvalue weighted by molar-refractivity contribution is 5.87. The summed E-state index contributed by atoms with van der Waals surface area (Å²) in [6, 6.07) is 13.8. The molecule has 1 fully saturated rings. The van der Waals surface area contributed by atoms with Crippen molar-refractivity contribution in [3.63, 3.8) is 0 Å². The molecule has 2 aromatic carbocycles. The average molecular weight is 323 g/mol. The van der Waals surface area contributed by atoms with Gasteiger partial charge in [0.2, 0.25) is 0 Å². The molecule has 0 spiro atoms. The van der Waals surface area contributed by atoms with Crippen molar-refractivity contribution in [3.8, 4) is 0 Å². The number of rotatable bonds is 2. The van der Waals surface area contributed by atoms with Gasteiger partial charge in [-0.25, -0.2) is 4.79 Å². The first kappa shape index (κ1) is 15.2. The van der Waals surface area contributed by atoms with Crippen LogP contribution < -0.4 is 5.32 Å². The minimum absolute atomic E-state index is 0.110. The summed E-state index contributed by atoms with van der Waals surface area (Å²) in [6.45, 7) is 2.91. The van der Waals surface area contributed by atoms with E-state index in [9.17, 15) is 4.79 Å². The monoisotopic (exact) mass is 323 g/mol. The summed E-state index contributed by atoms with van der Waals surface area (Å²) in [5.74, 6) is -0.526. The molecule has 4 nitrogen and oxygen atoms in total. The normalized spacial score (nSPS) is 25.3. The van der Waals surface area contributed by atoms with Gasteiger partial charge >= 0.3 is 5.97 Å². The molecule has 0 bridgehead atoms. The molecule has 2 heterocycles. The fourth-order valence-corrected chi connectivity index (χ4v) is 3.95. The van der Waals surface area contributed by atoms with Crippen LogP contribution in [0, 0.1) is 12.8 Å². The molecule has 0 unspecified atom stereocenters. The Kier molecular flexibility index (Phi) is 3.77. The van der Waals surface area contributed by atoms with Gasteiger partial charge in [0.05, 0.1) is 17.7 Å². The number of carbonyl (C=O) groups is 1. The van der Waals surface area contributed by atoms with E-state index in [0.717, 1.165) is 30.7 Å². The Bertz CT molecular complexity index is 769. The van der Waals surface area contributed by atoms with E-state index in [2.05, 4.69) is 30.4 Å². The minimum Gasteiger partial charge on any atom is -0.478 e. The highest BCUT2D eigenvalue weighted by atomic mass is 16.5. The number of hydrogen-bond donors (Lipinski definition) is 2. The third kappa shape index (κ3) is 2.57. The van der Waals surface area contributed by atoms with Gasteiger partial charge in [-0.3, -0.25) is 0 Å². The molecular weight excluding hydrogens is 302 g/mol. The molecule has 0 saturated carbocycles. The summed E-state index contributed by atoms with van der Waals surface area (Å²) >= 11 is 0. The first-order valence-corrected chi connectivity index (χ1v) is 8.45. The van der Waals surface area contributed by atoms with Crippen molar-refractivity contribution in [2.24, 2.45) is 5.92 Å². The van der Waals surface area contributed by atoms with E-state index in [-0.39, 0.29) is 12.1 Å². The Labute approximate surface area is 141 Å². The van der Waals surface area contributed by atoms with Crippen molar-refractivity contribution in [1.82, 2.24) is 0 Å². The maximum Gasteiger partial charge on any atom is 0.335 e. The Morgan fingerprint density at radius 1 is 1.21 bits per heavy atom. The Morgan fingerprint density at radius 2 is 2.00 bits per heavy atom. The zero-order valence-electron chi connectivity index (χ0n) is 13.7. The Morgan fingerprint density at radius 3 is 2.75 bits per heavy atom. The topological polar surface area (TPSA) is 58.6 Å². The number of aromatic carboxylic acids is 1. The fourth-order valence-electron chi connectivity index (χ4n) is 3.95. The minimum atomic E-state index is -0.891. The molecule has 4 rings (SSSR count). The summed E-state index contributed by atoms with van der Waals surface area (Å²) in [4.78, 5) is 11.1. The van der Waals surface area contributed by atoms with Gasteiger partial charge in [0, 0.05) is 23.8 Å². The van der Waals surface area contributed by atoms with Crippen LogP contribution in [0.1, 0.15) is 52.0 Å². The van der Waals surface area contributed by atoms with Crippen molar-refractivity contribution in [3.05, 3.63) is 64.7 Å². The number of nitrogens with one attached hydrogen (secondary N) is 1. The zero-order valence-corrected chi connectivity index (χ0v) is 13.7. The van der Waals surface area contributed by atoms with Crippen LogP contribution in [0.25, 0.3) is 0 Å². The van der Waals surface area contributed by atoms with Gasteiger partial charge in [-0.1, -0.05) is 29.8 Å². The molecule has 1 saturated heterocycles. The largest absolute Gasteiger partial charge is 0.478 e. The second-order valence-corrected chi connectivity index (χ2v) is 6.74. The van der Waals surface area contributed by atoms with Crippen molar-refractivity contribution >= 4 is 11.7 Å². The van der Waals surface area contributed by atoms with Gasteiger partial charge in [0.25, 0.3) is 0 Å². The number of carboxylic acid groups (broad SMARTS) is 1. The number of benzene rings is 2. The van der Waals surface area contributed by atoms with E-state index < -0.39 is 5.97 Å². The summed E-state index contributed by atoms with van der Waals surface area (Å²) < 4.78 is 6.14. The van der Waals surface area contributed by atoms with Gasteiger partial charge in [-0.05, 0) is 43.5 Å². The highest BCUT2D eigenvalue weighted by Gasteiger charge is 2.39. The summed E-state index contributed by atoms with van der Waals surface area (Å²) in [6.07, 6.45) is 2.28. The van der Waals surface area contributed by atoms with Crippen LogP contribution >= 0.6 is 0 Å². The lowest BCUT2D eigenvalue weighted by Gasteiger charge is -2.43. The standard InChI is InChI=1S/C20H21NO3/c1-12-4-9-17-16(11-12)19-15(3-2-10-24-19)18(21-17)13-5-7-14(8-6-13)20(22)23/h4-9,11,15,18-19,21H,2-3,10H2,1H3,(H,22,23)/t15-,18+,19-/m0/s1. The molecule has 0 amide bonds. The Balaban J connectivity index is 1.73. The molecule has 0 radical (unpaired) electrons. The van der Waals surface area contributed by atoms with Crippen molar-refractivity contribution in [2.45, 2.75) is 31.9 Å². The third-order valence-electron chi connectivity index (χ3n) is 5.14.